The Bertz CT molecular complexity index is 586. The van der Waals surface area contributed by atoms with Gasteiger partial charge in [-0.3, -0.25) is 14.5 Å². The van der Waals surface area contributed by atoms with Crippen molar-refractivity contribution in [3.05, 3.63) is 24.3 Å². The summed E-state index contributed by atoms with van der Waals surface area (Å²) in [7, 11) is 1.60. The number of ether oxygens (including phenoxy) is 1. The number of nitrogens with zero attached hydrogens (tertiary/aromatic N) is 2. The summed E-state index contributed by atoms with van der Waals surface area (Å²) in [6.45, 7) is 2.57. The molecule has 2 N–H and O–H groups in total. The molecule has 0 saturated carbocycles. The molecule has 1 atom stereocenters. The van der Waals surface area contributed by atoms with Crippen molar-refractivity contribution in [2.75, 3.05) is 13.7 Å². The maximum atomic E-state index is 12.3. The second kappa shape index (κ2) is 7.31. The number of hydrogen-bond acceptors (Lipinski definition) is 5. The van der Waals surface area contributed by atoms with E-state index in [4.69, 9.17) is 10.5 Å². The number of primary amides is 1. The van der Waals surface area contributed by atoms with Gasteiger partial charge in [-0.15, -0.1) is 0 Å². The van der Waals surface area contributed by atoms with Gasteiger partial charge >= 0.3 is 0 Å². The van der Waals surface area contributed by atoms with Gasteiger partial charge in [-0.1, -0.05) is 18.7 Å². The molecule has 1 aromatic rings. The predicted octanol–water partition coefficient (Wildman–Crippen LogP) is 1.91. The molecule has 0 bridgehead atoms. The molecule has 1 unspecified atom stereocenters. The fourth-order valence-electron chi connectivity index (χ4n) is 2.10. The third-order valence-electron chi connectivity index (χ3n) is 3.15. The number of aliphatic imine (C=N–C) groups is 1. The van der Waals surface area contributed by atoms with Crippen molar-refractivity contribution in [3.8, 4) is 5.75 Å². The first-order valence-electron chi connectivity index (χ1n) is 7.04. The number of amides is 2. The van der Waals surface area contributed by atoms with Gasteiger partial charge in [0.2, 0.25) is 11.8 Å². The van der Waals surface area contributed by atoms with Crippen LogP contribution in [0.4, 0.5) is 5.69 Å². The number of amidine groups is 1. The van der Waals surface area contributed by atoms with E-state index in [-0.39, 0.29) is 12.3 Å². The Kier molecular flexibility index (Phi) is 5.43. The van der Waals surface area contributed by atoms with Gasteiger partial charge in [0.15, 0.2) is 5.17 Å². The van der Waals surface area contributed by atoms with Crippen LogP contribution in [0.1, 0.15) is 19.8 Å². The second-order valence-electron chi connectivity index (χ2n) is 4.86. The van der Waals surface area contributed by atoms with Crippen LogP contribution >= 0.6 is 11.8 Å². The first kappa shape index (κ1) is 16.4. The van der Waals surface area contributed by atoms with Crippen molar-refractivity contribution in [3.63, 3.8) is 0 Å². The summed E-state index contributed by atoms with van der Waals surface area (Å²) in [6, 6.07) is 7.27. The minimum Gasteiger partial charge on any atom is -0.497 e. The fourth-order valence-corrected chi connectivity index (χ4v) is 3.30. The van der Waals surface area contributed by atoms with E-state index in [1.54, 1.807) is 12.0 Å². The molecule has 1 heterocycles. The molecule has 7 heteroatoms. The zero-order valence-electron chi connectivity index (χ0n) is 12.6. The maximum Gasteiger partial charge on any atom is 0.242 e. The van der Waals surface area contributed by atoms with Crippen LogP contribution in [0.25, 0.3) is 0 Å². The molecule has 0 aliphatic carbocycles. The number of rotatable bonds is 6. The van der Waals surface area contributed by atoms with Crippen molar-refractivity contribution < 1.29 is 14.3 Å². The Balaban J connectivity index is 2.23. The van der Waals surface area contributed by atoms with Gasteiger partial charge in [0.25, 0.3) is 0 Å². The van der Waals surface area contributed by atoms with E-state index in [9.17, 15) is 9.59 Å². The maximum absolute atomic E-state index is 12.3. The molecule has 1 aromatic carbocycles. The molecule has 6 nitrogen and oxygen atoms in total. The lowest BCUT2D eigenvalue weighted by atomic mass is 10.2. The van der Waals surface area contributed by atoms with Crippen molar-refractivity contribution in [1.29, 1.82) is 0 Å². The predicted molar refractivity (Wildman–Crippen MR) is 87.3 cm³/mol. The van der Waals surface area contributed by atoms with E-state index in [1.165, 1.54) is 11.8 Å². The van der Waals surface area contributed by atoms with Gasteiger partial charge in [0.05, 0.1) is 12.8 Å². The second-order valence-corrected chi connectivity index (χ2v) is 6.03. The largest absolute Gasteiger partial charge is 0.497 e. The van der Waals surface area contributed by atoms with Crippen LogP contribution in [0.2, 0.25) is 0 Å². The average Bonchev–Trinajstić information content (AvgIpc) is 2.77. The van der Waals surface area contributed by atoms with Crippen molar-refractivity contribution >= 4 is 34.4 Å². The van der Waals surface area contributed by atoms with Gasteiger partial charge < -0.3 is 10.5 Å². The lowest BCUT2D eigenvalue weighted by molar-refractivity contribution is -0.128. The van der Waals surface area contributed by atoms with Crippen LogP contribution in [0, 0.1) is 0 Å². The van der Waals surface area contributed by atoms with Crippen LogP contribution in [0.3, 0.4) is 0 Å². The number of thioether (sulfide) groups is 1. The summed E-state index contributed by atoms with van der Waals surface area (Å²) < 4.78 is 5.11. The van der Waals surface area contributed by atoms with Crippen LogP contribution in [0.5, 0.6) is 5.75 Å². The van der Waals surface area contributed by atoms with Crippen LogP contribution < -0.4 is 10.5 Å². The topological polar surface area (TPSA) is 85.0 Å². The molecule has 1 aliphatic heterocycles. The molecule has 0 radical (unpaired) electrons. The van der Waals surface area contributed by atoms with Gasteiger partial charge in [0, 0.05) is 13.0 Å². The van der Waals surface area contributed by atoms with Gasteiger partial charge in [-0.25, -0.2) is 4.99 Å². The molecular formula is C15H19N3O3S. The number of carbonyl (C=O) groups is 2. The minimum atomic E-state index is -0.479. The lowest BCUT2D eigenvalue weighted by Gasteiger charge is -2.14. The van der Waals surface area contributed by atoms with Gasteiger partial charge in [-0.2, -0.15) is 0 Å². The molecule has 118 valence electrons. The van der Waals surface area contributed by atoms with Crippen molar-refractivity contribution in [2.24, 2.45) is 10.7 Å². The Morgan fingerprint density at radius 1 is 1.41 bits per heavy atom. The first-order valence-corrected chi connectivity index (χ1v) is 7.92. The highest BCUT2D eigenvalue weighted by molar-refractivity contribution is 8.15. The molecule has 22 heavy (non-hydrogen) atoms. The normalized spacial score (nSPS) is 19.7. The Morgan fingerprint density at radius 2 is 2.09 bits per heavy atom. The molecule has 1 fully saturated rings. The van der Waals surface area contributed by atoms with E-state index in [1.807, 2.05) is 31.2 Å². The average molecular weight is 321 g/mol. The highest BCUT2D eigenvalue weighted by Crippen LogP contribution is 2.31. The van der Waals surface area contributed by atoms with E-state index in [0.717, 1.165) is 17.9 Å². The standard InChI is InChI=1S/C15H19N3O3S/c1-3-8-18-14(20)12(9-13(16)19)22-15(18)17-10-4-6-11(21-2)7-5-10/h4-7,12H,3,8-9H2,1-2H3,(H2,16,19). The van der Waals surface area contributed by atoms with Crippen molar-refractivity contribution in [1.82, 2.24) is 4.90 Å². The summed E-state index contributed by atoms with van der Waals surface area (Å²) in [5.74, 6) is 0.169. The molecule has 1 aliphatic rings. The highest BCUT2D eigenvalue weighted by atomic mass is 32.2. The summed E-state index contributed by atoms with van der Waals surface area (Å²) in [5.41, 5.74) is 5.94. The monoisotopic (exact) mass is 321 g/mol. The quantitative estimate of drug-likeness (QED) is 0.867. The zero-order valence-corrected chi connectivity index (χ0v) is 13.4. The molecule has 0 aromatic heterocycles. The van der Waals surface area contributed by atoms with Crippen LogP contribution in [0.15, 0.2) is 29.3 Å². The third kappa shape index (κ3) is 3.79. The summed E-state index contributed by atoms with van der Waals surface area (Å²) in [5, 5.41) is 0.143. The fraction of sp³-hybridized carbons (Fsp3) is 0.400. The SMILES string of the molecule is CCCN1C(=O)C(CC(N)=O)SC1=Nc1ccc(OC)cc1. The van der Waals surface area contributed by atoms with E-state index >= 15 is 0 Å². The van der Waals surface area contributed by atoms with Crippen LogP contribution in [-0.4, -0.2) is 40.8 Å². The number of benzene rings is 1. The Hall–Kier alpha value is -2.02. The molecule has 2 amide bonds. The Labute approximate surface area is 133 Å². The smallest absolute Gasteiger partial charge is 0.242 e. The van der Waals surface area contributed by atoms with Crippen molar-refractivity contribution in [2.45, 2.75) is 25.0 Å². The molecule has 1 saturated heterocycles. The number of nitrogens with two attached hydrogens (primary N) is 1. The third-order valence-corrected chi connectivity index (χ3v) is 4.33. The number of methoxy groups -OCH3 is 1. The minimum absolute atomic E-state index is 0.0331. The summed E-state index contributed by atoms with van der Waals surface area (Å²) in [4.78, 5) is 29.6. The van der Waals surface area contributed by atoms with Gasteiger partial charge in [0.1, 0.15) is 11.0 Å². The zero-order chi connectivity index (χ0) is 16.1. The summed E-state index contributed by atoms with van der Waals surface area (Å²) in [6.07, 6.45) is 0.850. The lowest BCUT2D eigenvalue weighted by Crippen LogP contribution is -2.34. The molecular weight excluding hydrogens is 302 g/mol. The van der Waals surface area contributed by atoms with E-state index in [0.29, 0.717) is 11.7 Å². The molecule has 2 rings (SSSR count). The number of carbonyl (C=O) groups excluding carboxylic acids is 2. The Morgan fingerprint density at radius 3 is 2.64 bits per heavy atom. The molecule has 0 spiro atoms. The van der Waals surface area contributed by atoms with Gasteiger partial charge in [-0.05, 0) is 30.7 Å². The highest BCUT2D eigenvalue weighted by Gasteiger charge is 2.38. The van der Waals surface area contributed by atoms with Crippen LogP contribution in [-0.2, 0) is 9.59 Å². The van der Waals surface area contributed by atoms with E-state index < -0.39 is 11.2 Å². The van der Waals surface area contributed by atoms with E-state index in [2.05, 4.69) is 4.99 Å². The summed E-state index contributed by atoms with van der Waals surface area (Å²) >= 11 is 1.29. The number of hydrogen-bond donors (Lipinski definition) is 1. The first-order chi connectivity index (χ1) is 10.5.